The van der Waals surface area contributed by atoms with E-state index in [0.717, 1.165) is 11.3 Å². The van der Waals surface area contributed by atoms with Gasteiger partial charge in [-0.2, -0.15) is 0 Å². The fraction of sp³-hybridized carbons (Fsp3) is 0.375. The second-order valence-electron chi connectivity index (χ2n) is 8.06. The molecule has 1 unspecified atom stereocenters. The first-order valence-electron chi connectivity index (χ1n) is 10.8. The first-order valence-corrected chi connectivity index (χ1v) is 10.8. The summed E-state index contributed by atoms with van der Waals surface area (Å²) in [5.41, 5.74) is 2.13. The van der Waals surface area contributed by atoms with Gasteiger partial charge in [-0.25, -0.2) is 9.18 Å². The summed E-state index contributed by atoms with van der Waals surface area (Å²) >= 11 is 0. The molecule has 8 heteroatoms. The minimum absolute atomic E-state index is 0.0652. The molecule has 1 fully saturated rings. The van der Waals surface area contributed by atoms with Gasteiger partial charge in [0.1, 0.15) is 11.9 Å². The van der Waals surface area contributed by atoms with E-state index in [1.54, 1.807) is 23.1 Å². The topological polar surface area (TPSA) is 90.5 Å². The molecule has 2 aromatic rings. The highest BCUT2D eigenvalue weighted by atomic mass is 19.1. The van der Waals surface area contributed by atoms with Crippen molar-refractivity contribution in [3.8, 4) is 0 Å². The van der Waals surface area contributed by atoms with Crippen molar-refractivity contribution in [1.82, 2.24) is 15.5 Å². The van der Waals surface area contributed by atoms with E-state index in [1.165, 1.54) is 13.0 Å². The van der Waals surface area contributed by atoms with Gasteiger partial charge in [-0.05, 0) is 43.0 Å². The van der Waals surface area contributed by atoms with Gasteiger partial charge in [0.05, 0.1) is 0 Å². The average Bonchev–Trinajstić information content (AvgIpc) is 2.76. The summed E-state index contributed by atoms with van der Waals surface area (Å²) in [5, 5.41) is 8.48. The van der Waals surface area contributed by atoms with E-state index in [1.807, 2.05) is 31.2 Å². The highest BCUT2D eigenvalue weighted by molar-refractivity contribution is 5.90. The highest BCUT2D eigenvalue weighted by Gasteiger charge is 2.27. The summed E-state index contributed by atoms with van der Waals surface area (Å²) in [7, 11) is 0. The lowest BCUT2D eigenvalue weighted by Gasteiger charge is -2.33. The van der Waals surface area contributed by atoms with E-state index < -0.39 is 11.9 Å². The van der Waals surface area contributed by atoms with Crippen LogP contribution >= 0.6 is 0 Å². The van der Waals surface area contributed by atoms with Crippen LogP contribution in [0.3, 0.4) is 0 Å². The zero-order chi connectivity index (χ0) is 23.1. The summed E-state index contributed by atoms with van der Waals surface area (Å²) in [6.07, 6.45) is 1.26. The summed E-state index contributed by atoms with van der Waals surface area (Å²) in [6, 6.07) is 12.6. The normalized spacial score (nSPS) is 15.0. The Bertz CT molecular complexity index is 973. The second kappa shape index (κ2) is 10.7. The molecule has 1 aliphatic heterocycles. The van der Waals surface area contributed by atoms with Crippen LogP contribution in [0.5, 0.6) is 0 Å². The average molecular weight is 441 g/mol. The molecule has 32 heavy (non-hydrogen) atoms. The number of rotatable bonds is 6. The summed E-state index contributed by atoms with van der Waals surface area (Å²) < 4.78 is 14.0. The van der Waals surface area contributed by atoms with Gasteiger partial charge < -0.3 is 20.9 Å². The molecule has 0 spiro atoms. The Morgan fingerprint density at radius 3 is 2.38 bits per heavy atom. The predicted octanol–water partition coefficient (Wildman–Crippen LogP) is 2.99. The number of likely N-dealkylation sites (tertiary alicyclic amines) is 1. The maximum absolute atomic E-state index is 14.0. The van der Waals surface area contributed by atoms with Crippen LogP contribution < -0.4 is 16.0 Å². The Morgan fingerprint density at radius 2 is 1.72 bits per heavy atom. The lowest BCUT2D eigenvalue weighted by Crippen LogP contribution is -2.53. The minimum Gasteiger partial charge on any atom is -0.351 e. The monoisotopic (exact) mass is 440 g/mol. The maximum atomic E-state index is 14.0. The number of carbonyl (C=O) groups is 3. The number of amides is 4. The summed E-state index contributed by atoms with van der Waals surface area (Å²) in [4.78, 5) is 38.7. The van der Waals surface area contributed by atoms with Crippen LogP contribution in [0.15, 0.2) is 48.5 Å². The predicted molar refractivity (Wildman–Crippen MR) is 121 cm³/mol. The highest BCUT2D eigenvalue weighted by Crippen LogP contribution is 2.17. The lowest BCUT2D eigenvalue weighted by molar-refractivity contribution is -0.128. The number of hydrogen-bond acceptors (Lipinski definition) is 3. The molecule has 0 aromatic heterocycles. The standard InChI is InChI=1S/C24H29FN4O3/c1-16-7-3-6-10-21(16)28-24(32)29-13-11-19(12-14-29)27-23(31)22(26-17(2)30)15-18-8-4-5-9-20(18)25/h3-10,19,22H,11-15H2,1-2H3,(H,26,30)(H,27,31)(H,28,32). The van der Waals surface area contributed by atoms with Crippen molar-refractivity contribution < 1.29 is 18.8 Å². The number of urea groups is 1. The molecule has 7 nitrogen and oxygen atoms in total. The number of aryl methyl sites for hydroxylation is 1. The Morgan fingerprint density at radius 1 is 1.06 bits per heavy atom. The molecule has 3 rings (SSSR count). The lowest BCUT2D eigenvalue weighted by atomic mass is 10.0. The second-order valence-corrected chi connectivity index (χ2v) is 8.06. The Hall–Kier alpha value is -3.42. The van der Waals surface area contributed by atoms with E-state index >= 15 is 0 Å². The molecule has 0 saturated carbocycles. The van der Waals surface area contributed by atoms with Crippen molar-refractivity contribution >= 4 is 23.5 Å². The number of nitrogens with zero attached hydrogens (tertiary/aromatic N) is 1. The number of para-hydroxylation sites is 1. The van der Waals surface area contributed by atoms with Crippen LogP contribution in [-0.4, -0.2) is 47.9 Å². The van der Waals surface area contributed by atoms with Crippen LogP contribution in [0.1, 0.15) is 30.9 Å². The van der Waals surface area contributed by atoms with E-state index in [9.17, 15) is 18.8 Å². The first-order chi connectivity index (χ1) is 15.3. The maximum Gasteiger partial charge on any atom is 0.321 e. The van der Waals surface area contributed by atoms with E-state index in [-0.39, 0.29) is 30.3 Å². The molecule has 3 N–H and O–H groups in total. The van der Waals surface area contributed by atoms with Gasteiger partial charge in [-0.15, -0.1) is 0 Å². The van der Waals surface area contributed by atoms with Gasteiger partial charge in [0.15, 0.2) is 0 Å². The summed E-state index contributed by atoms with van der Waals surface area (Å²) in [5.74, 6) is -1.13. The van der Waals surface area contributed by atoms with Crippen molar-refractivity contribution in [2.24, 2.45) is 0 Å². The molecule has 1 atom stereocenters. The SMILES string of the molecule is CC(=O)NC(Cc1ccccc1F)C(=O)NC1CCN(C(=O)Nc2ccccc2C)CC1. The van der Waals surface area contributed by atoms with Crippen LogP contribution in [-0.2, 0) is 16.0 Å². The third kappa shape index (κ3) is 6.29. The largest absolute Gasteiger partial charge is 0.351 e. The van der Waals surface area contributed by atoms with Gasteiger partial charge in [0.2, 0.25) is 11.8 Å². The fourth-order valence-corrected chi connectivity index (χ4v) is 3.77. The molecule has 0 radical (unpaired) electrons. The number of benzene rings is 2. The molecule has 1 saturated heterocycles. The van der Waals surface area contributed by atoms with Gasteiger partial charge in [0.25, 0.3) is 0 Å². The third-order valence-corrected chi connectivity index (χ3v) is 5.59. The summed E-state index contributed by atoms with van der Waals surface area (Å²) in [6.45, 7) is 4.26. The molecule has 0 aliphatic carbocycles. The van der Waals surface area contributed by atoms with Crippen LogP contribution in [0.2, 0.25) is 0 Å². The fourth-order valence-electron chi connectivity index (χ4n) is 3.77. The molecule has 2 aromatic carbocycles. The van der Waals surface area contributed by atoms with Crippen LogP contribution in [0, 0.1) is 12.7 Å². The van der Waals surface area contributed by atoms with E-state index in [2.05, 4.69) is 16.0 Å². The zero-order valence-corrected chi connectivity index (χ0v) is 18.4. The zero-order valence-electron chi connectivity index (χ0n) is 18.4. The van der Waals surface area contributed by atoms with Crippen LogP contribution in [0.4, 0.5) is 14.9 Å². The number of hydrogen-bond donors (Lipinski definition) is 3. The molecular formula is C24H29FN4O3. The van der Waals surface area contributed by atoms with E-state index in [0.29, 0.717) is 31.5 Å². The van der Waals surface area contributed by atoms with Gasteiger partial charge in [-0.3, -0.25) is 9.59 Å². The number of carbonyl (C=O) groups excluding carboxylic acids is 3. The van der Waals surface area contributed by atoms with Crippen molar-refractivity contribution in [3.63, 3.8) is 0 Å². The number of halogens is 1. The molecule has 4 amide bonds. The quantitative estimate of drug-likeness (QED) is 0.645. The Labute approximate surface area is 187 Å². The molecule has 1 heterocycles. The Kier molecular flexibility index (Phi) is 7.81. The van der Waals surface area contributed by atoms with Gasteiger partial charge in [-0.1, -0.05) is 36.4 Å². The van der Waals surface area contributed by atoms with Crippen molar-refractivity contribution in [2.75, 3.05) is 18.4 Å². The van der Waals surface area contributed by atoms with Crippen LogP contribution in [0.25, 0.3) is 0 Å². The number of piperidine rings is 1. The van der Waals surface area contributed by atoms with Crippen molar-refractivity contribution in [2.45, 2.75) is 45.2 Å². The third-order valence-electron chi connectivity index (χ3n) is 5.59. The number of anilines is 1. The molecule has 0 bridgehead atoms. The van der Waals surface area contributed by atoms with Gasteiger partial charge >= 0.3 is 6.03 Å². The van der Waals surface area contributed by atoms with Gasteiger partial charge in [0, 0.05) is 38.2 Å². The van der Waals surface area contributed by atoms with E-state index in [4.69, 9.17) is 0 Å². The smallest absolute Gasteiger partial charge is 0.321 e. The molecule has 1 aliphatic rings. The number of nitrogens with one attached hydrogen (secondary N) is 3. The van der Waals surface area contributed by atoms with Crippen molar-refractivity contribution in [1.29, 1.82) is 0 Å². The van der Waals surface area contributed by atoms with Crippen molar-refractivity contribution in [3.05, 3.63) is 65.5 Å². The molecule has 170 valence electrons. The Balaban J connectivity index is 1.53. The molecular weight excluding hydrogens is 411 g/mol. The minimum atomic E-state index is -0.869. The first kappa shape index (κ1) is 23.2.